The Bertz CT molecular complexity index is 750. The van der Waals surface area contributed by atoms with Crippen LogP contribution in [0.25, 0.3) is 0 Å². The van der Waals surface area contributed by atoms with Crippen molar-refractivity contribution < 1.29 is 38.1 Å². The van der Waals surface area contributed by atoms with E-state index in [-0.39, 0.29) is 19.2 Å². The first-order valence-corrected chi connectivity index (χ1v) is 12.1. The molecule has 0 aromatic heterocycles. The van der Waals surface area contributed by atoms with Crippen LogP contribution in [0, 0.1) is 0 Å². The molecule has 1 aliphatic heterocycles. The maximum Gasteiger partial charge on any atom is 0.338 e. The summed E-state index contributed by atoms with van der Waals surface area (Å²) in [5.74, 6) is -1.54. The molecule has 0 spiro atoms. The quantitative estimate of drug-likeness (QED) is 0.159. The number of hydrogen-bond acceptors (Lipinski definition) is 8. The third-order valence-corrected chi connectivity index (χ3v) is 5.18. The summed E-state index contributed by atoms with van der Waals surface area (Å²) in [5.41, 5.74) is 0.580. The monoisotopic (exact) mass is 476 g/mol. The molecule has 1 aromatic carbocycles. The number of allylic oxidation sites excluding steroid dienone is 1. The molecule has 2 rings (SSSR count). The van der Waals surface area contributed by atoms with Gasteiger partial charge < -0.3 is 23.7 Å². The lowest BCUT2D eigenvalue weighted by molar-refractivity contribution is -0.163. The van der Waals surface area contributed by atoms with Crippen molar-refractivity contribution in [1.82, 2.24) is 0 Å². The molecule has 34 heavy (non-hydrogen) atoms. The van der Waals surface area contributed by atoms with E-state index >= 15 is 0 Å². The number of ether oxygens (including phenoxy) is 5. The lowest BCUT2D eigenvalue weighted by atomic mass is 10.1. The van der Waals surface area contributed by atoms with E-state index in [0.717, 1.165) is 44.9 Å². The topological polar surface area (TPSA) is 97.4 Å². The molecular formula is C26H36O8. The number of unbranched alkanes of at least 4 members (excludes halogenated alkanes) is 6. The van der Waals surface area contributed by atoms with Gasteiger partial charge in [-0.1, -0.05) is 50.0 Å². The SMILES string of the molecule is CCOC(=O)[C@H]1OC(/C=C\CCCCCCCCOC(=O)c2ccccc2)O[C@@H]1C(=O)OCC. The molecular weight excluding hydrogens is 440 g/mol. The number of rotatable bonds is 15. The zero-order chi connectivity index (χ0) is 24.6. The van der Waals surface area contributed by atoms with E-state index in [4.69, 9.17) is 23.7 Å². The summed E-state index contributed by atoms with van der Waals surface area (Å²) in [4.78, 5) is 36.0. The Hall–Kier alpha value is -2.71. The molecule has 1 heterocycles. The molecule has 1 saturated heterocycles. The molecule has 0 radical (unpaired) electrons. The minimum atomic E-state index is -1.12. The standard InChI is InChI=1S/C26H36O8/c1-3-30-25(28)22-23(26(29)31-4-2)34-21(33-22)18-14-9-7-5-6-8-10-15-19-32-24(27)20-16-12-11-13-17-20/h11-14,16-18,21-23H,3-10,15,19H2,1-2H3/b18-14-/t22-,23-/m0/s1. The van der Waals surface area contributed by atoms with E-state index in [1.54, 1.807) is 32.1 Å². The number of carbonyl (C=O) groups excluding carboxylic acids is 3. The van der Waals surface area contributed by atoms with E-state index in [9.17, 15) is 14.4 Å². The first-order chi connectivity index (χ1) is 16.6. The van der Waals surface area contributed by atoms with Crippen LogP contribution >= 0.6 is 0 Å². The van der Waals surface area contributed by atoms with Gasteiger partial charge >= 0.3 is 17.9 Å². The van der Waals surface area contributed by atoms with Crippen molar-refractivity contribution >= 4 is 17.9 Å². The van der Waals surface area contributed by atoms with Crippen LogP contribution in [0.5, 0.6) is 0 Å². The van der Waals surface area contributed by atoms with Gasteiger partial charge in [-0.15, -0.1) is 0 Å². The molecule has 8 nitrogen and oxygen atoms in total. The Kier molecular flexibility index (Phi) is 13.0. The minimum Gasteiger partial charge on any atom is -0.464 e. The number of hydrogen-bond donors (Lipinski definition) is 0. The molecule has 1 aromatic rings. The maximum atomic E-state index is 12.1. The van der Waals surface area contributed by atoms with Gasteiger partial charge in [0.25, 0.3) is 0 Å². The van der Waals surface area contributed by atoms with Gasteiger partial charge in [-0.05, 0) is 51.3 Å². The third-order valence-electron chi connectivity index (χ3n) is 5.18. The van der Waals surface area contributed by atoms with Crippen LogP contribution in [0.1, 0.15) is 69.2 Å². The molecule has 0 amide bonds. The summed E-state index contributed by atoms with van der Waals surface area (Å²) < 4.78 is 26.3. The van der Waals surface area contributed by atoms with E-state index in [1.165, 1.54) is 0 Å². The van der Waals surface area contributed by atoms with Crippen molar-refractivity contribution in [2.75, 3.05) is 19.8 Å². The second-order valence-electron chi connectivity index (χ2n) is 7.83. The molecule has 0 bridgehead atoms. The minimum absolute atomic E-state index is 0.188. The highest BCUT2D eigenvalue weighted by Crippen LogP contribution is 2.23. The molecule has 1 fully saturated rings. The lowest BCUT2D eigenvalue weighted by Crippen LogP contribution is -2.39. The largest absolute Gasteiger partial charge is 0.464 e. The fourth-order valence-corrected chi connectivity index (χ4v) is 3.46. The second-order valence-corrected chi connectivity index (χ2v) is 7.83. The van der Waals surface area contributed by atoms with Gasteiger partial charge in [-0.2, -0.15) is 0 Å². The predicted molar refractivity (Wildman–Crippen MR) is 125 cm³/mol. The van der Waals surface area contributed by atoms with Crippen molar-refractivity contribution in [3.8, 4) is 0 Å². The third kappa shape index (κ3) is 9.65. The summed E-state index contributed by atoms with van der Waals surface area (Å²) in [6.45, 7) is 4.19. The second kappa shape index (κ2) is 16.0. The van der Waals surface area contributed by atoms with E-state index in [1.807, 2.05) is 24.3 Å². The van der Waals surface area contributed by atoms with Gasteiger partial charge in [0.15, 0.2) is 18.5 Å². The summed E-state index contributed by atoms with van der Waals surface area (Å²) in [7, 11) is 0. The van der Waals surface area contributed by atoms with Crippen LogP contribution in [0.4, 0.5) is 0 Å². The molecule has 2 atom stereocenters. The predicted octanol–water partition coefficient (Wildman–Crippen LogP) is 4.37. The molecule has 8 heteroatoms. The summed E-state index contributed by atoms with van der Waals surface area (Å²) in [6.07, 6.45) is 7.61. The van der Waals surface area contributed by atoms with Crippen molar-refractivity contribution in [2.45, 2.75) is 77.3 Å². The first-order valence-electron chi connectivity index (χ1n) is 12.1. The molecule has 0 aliphatic carbocycles. The van der Waals surface area contributed by atoms with Crippen molar-refractivity contribution in [1.29, 1.82) is 0 Å². The fourth-order valence-electron chi connectivity index (χ4n) is 3.46. The highest BCUT2D eigenvalue weighted by Gasteiger charge is 2.46. The van der Waals surface area contributed by atoms with Gasteiger partial charge in [-0.3, -0.25) is 0 Å². The highest BCUT2D eigenvalue weighted by molar-refractivity contribution is 5.89. The normalized spacial score (nSPS) is 18.2. The van der Waals surface area contributed by atoms with E-state index < -0.39 is 30.4 Å². The summed E-state index contributed by atoms with van der Waals surface area (Å²) in [5, 5.41) is 0. The molecule has 1 aliphatic rings. The average molecular weight is 477 g/mol. The number of benzene rings is 1. The van der Waals surface area contributed by atoms with Crippen molar-refractivity contribution in [2.24, 2.45) is 0 Å². The van der Waals surface area contributed by atoms with Crippen LogP contribution in [-0.2, 0) is 33.3 Å². The first kappa shape index (κ1) is 27.5. The van der Waals surface area contributed by atoms with Gasteiger partial charge in [-0.25, -0.2) is 14.4 Å². The smallest absolute Gasteiger partial charge is 0.338 e. The van der Waals surface area contributed by atoms with Crippen LogP contribution in [0.2, 0.25) is 0 Å². The number of esters is 3. The van der Waals surface area contributed by atoms with Crippen LogP contribution in [0.15, 0.2) is 42.5 Å². The lowest BCUT2D eigenvalue weighted by Gasteiger charge is -2.13. The summed E-state index contributed by atoms with van der Waals surface area (Å²) in [6, 6.07) is 9.00. The Labute approximate surface area is 201 Å². The van der Waals surface area contributed by atoms with Gasteiger partial charge in [0.2, 0.25) is 0 Å². The zero-order valence-corrected chi connectivity index (χ0v) is 20.1. The average Bonchev–Trinajstić information content (AvgIpc) is 3.28. The Morgan fingerprint density at radius 1 is 0.794 bits per heavy atom. The number of carbonyl (C=O) groups is 3. The maximum absolute atomic E-state index is 12.1. The van der Waals surface area contributed by atoms with Crippen LogP contribution in [-0.4, -0.2) is 56.2 Å². The van der Waals surface area contributed by atoms with Gasteiger partial charge in [0.1, 0.15) is 0 Å². The molecule has 188 valence electrons. The summed E-state index contributed by atoms with van der Waals surface area (Å²) >= 11 is 0. The van der Waals surface area contributed by atoms with E-state index in [0.29, 0.717) is 12.2 Å². The van der Waals surface area contributed by atoms with E-state index in [2.05, 4.69) is 0 Å². The Morgan fingerprint density at radius 2 is 1.35 bits per heavy atom. The van der Waals surface area contributed by atoms with Crippen LogP contribution < -0.4 is 0 Å². The van der Waals surface area contributed by atoms with Gasteiger partial charge in [0, 0.05) is 0 Å². The zero-order valence-electron chi connectivity index (χ0n) is 20.1. The Morgan fingerprint density at radius 3 is 1.94 bits per heavy atom. The highest BCUT2D eigenvalue weighted by atomic mass is 16.8. The fraction of sp³-hybridized carbons (Fsp3) is 0.577. The van der Waals surface area contributed by atoms with Crippen LogP contribution in [0.3, 0.4) is 0 Å². The van der Waals surface area contributed by atoms with Crippen molar-refractivity contribution in [3.63, 3.8) is 0 Å². The molecule has 0 N–H and O–H groups in total. The Balaban J connectivity index is 1.55. The molecule has 0 unspecified atom stereocenters. The molecule has 0 saturated carbocycles. The van der Waals surface area contributed by atoms with Gasteiger partial charge in [0.05, 0.1) is 25.4 Å². The van der Waals surface area contributed by atoms with Crippen molar-refractivity contribution in [3.05, 3.63) is 48.0 Å².